The molecule has 1 aromatic carbocycles. The number of aromatic hydroxyl groups is 1. The zero-order chi connectivity index (χ0) is 31.9. The average Bonchev–Trinajstić information content (AvgIpc) is 3.34. The van der Waals surface area contributed by atoms with Crippen LogP contribution in [-0.4, -0.2) is 44.3 Å². The summed E-state index contributed by atoms with van der Waals surface area (Å²) in [5.74, 6) is -1.96. The smallest absolute Gasteiger partial charge is 0.355 e. The van der Waals surface area contributed by atoms with Crippen molar-refractivity contribution in [1.29, 1.82) is 0 Å². The second kappa shape index (κ2) is 11.9. The van der Waals surface area contributed by atoms with Crippen LogP contribution in [-0.2, 0) is 53.8 Å². The van der Waals surface area contributed by atoms with E-state index in [1.165, 1.54) is 6.92 Å². The molecule has 0 saturated heterocycles. The number of fused-ring (bicyclic) bond motifs is 5. The Kier molecular flexibility index (Phi) is 8.33. The highest BCUT2D eigenvalue weighted by Crippen LogP contribution is 2.42. The molecular weight excluding hydrogens is 566 g/mol. The summed E-state index contributed by atoms with van der Waals surface area (Å²) in [4.78, 5) is 69.6. The standard InChI is InChI=1S/C33H37N3O8/c1-6-20-21-13-19(38)8-9-25(21)35-30-22(20)15-36-27(30)14-24-23(31(36)41)16-43-32(42)33(24,7-2)44-29(40)11-10-28(39)34-26(18(5)37)12-17(3)4/h8-9,13-14,17,26,38H,6-7,10-12,15-16H2,1-5H3,(H,34,39)/t26?,33-/m0/s1. The van der Waals surface area contributed by atoms with Crippen molar-refractivity contribution in [3.8, 4) is 17.1 Å². The van der Waals surface area contributed by atoms with Gasteiger partial charge >= 0.3 is 11.9 Å². The molecule has 1 unspecified atom stereocenters. The lowest BCUT2D eigenvalue weighted by Crippen LogP contribution is -2.47. The van der Waals surface area contributed by atoms with Crippen LogP contribution in [0.15, 0.2) is 29.1 Å². The molecule has 5 rings (SSSR count). The van der Waals surface area contributed by atoms with E-state index < -0.39 is 29.5 Å². The number of aryl methyl sites for hydroxylation is 1. The summed E-state index contributed by atoms with van der Waals surface area (Å²) < 4.78 is 12.8. The minimum absolute atomic E-state index is 0.00203. The fraction of sp³-hybridized carbons (Fsp3) is 0.455. The number of hydrogen-bond acceptors (Lipinski definition) is 9. The maximum atomic E-state index is 13.8. The fourth-order valence-corrected chi connectivity index (χ4v) is 6.24. The molecule has 11 nitrogen and oxygen atoms in total. The number of ketones is 1. The fourth-order valence-electron chi connectivity index (χ4n) is 6.24. The molecule has 232 valence electrons. The van der Waals surface area contributed by atoms with Crippen molar-refractivity contribution in [2.45, 2.75) is 91.5 Å². The number of rotatable bonds is 10. The second-order valence-corrected chi connectivity index (χ2v) is 11.9. The van der Waals surface area contributed by atoms with Crippen molar-refractivity contribution in [2.75, 3.05) is 0 Å². The maximum Gasteiger partial charge on any atom is 0.355 e. The molecule has 2 N–H and O–H groups in total. The summed E-state index contributed by atoms with van der Waals surface area (Å²) in [6.07, 6.45) is 0.537. The molecule has 2 atom stereocenters. The first-order chi connectivity index (χ1) is 20.9. The third kappa shape index (κ3) is 5.35. The van der Waals surface area contributed by atoms with E-state index in [4.69, 9.17) is 14.5 Å². The average molecular weight is 604 g/mol. The maximum absolute atomic E-state index is 13.8. The van der Waals surface area contributed by atoms with Crippen LogP contribution < -0.4 is 10.9 Å². The highest BCUT2D eigenvalue weighted by Gasteiger charge is 2.50. The van der Waals surface area contributed by atoms with Gasteiger partial charge in [-0.25, -0.2) is 9.78 Å². The van der Waals surface area contributed by atoms with Crippen LogP contribution >= 0.6 is 0 Å². The molecule has 0 aliphatic carbocycles. The quantitative estimate of drug-likeness (QED) is 0.258. The van der Waals surface area contributed by atoms with Crippen molar-refractivity contribution in [3.63, 3.8) is 0 Å². The Labute approximate surface area is 254 Å². The van der Waals surface area contributed by atoms with Gasteiger partial charge < -0.3 is 24.5 Å². The van der Waals surface area contributed by atoms with E-state index in [2.05, 4.69) is 5.32 Å². The molecular formula is C33H37N3O8. The Bertz CT molecular complexity index is 1760. The SMILES string of the molecule is CCc1c2c(nc3ccc(O)cc13)-c1cc3c(c(=O)n1C2)COC(=O)[C@@]3(CC)OC(=O)CCC(=O)NC(CC(C)C)C(C)=O. The van der Waals surface area contributed by atoms with E-state index in [1.807, 2.05) is 20.8 Å². The van der Waals surface area contributed by atoms with Crippen LogP contribution in [0.3, 0.4) is 0 Å². The Morgan fingerprint density at radius 1 is 1.14 bits per heavy atom. The van der Waals surface area contributed by atoms with Crippen molar-refractivity contribution in [1.82, 2.24) is 14.9 Å². The second-order valence-electron chi connectivity index (χ2n) is 11.9. The Morgan fingerprint density at radius 2 is 1.89 bits per heavy atom. The molecule has 44 heavy (non-hydrogen) atoms. The number of phenolic OH excluding ortho intramolecular Hbond substituents is 1. The molecule has 4 heterocycles. The molecule has 0 saturated carbocycles. The summed E-state index contributed by atoms with van der Waals surface area (Å²) in [6, 6.07) is 5.98. The zero-order valence-corrected chi connectivity index (χ0v) is 25.6. The van der Waals surface area contributed by atoms with E-state index in [9.17, 15) is 29.1 Å². The molecule has 0 radical (unpaired) electrons. The summed E-state index contributed by atoms with van der Waals surface area (Å²) >= 11 is 0. The lowest BCUT2D eigenvalue weighted by atomic mass is 9.85. The number of nitrogens with one attached hydrogen (secondary N) is 1. The number of esters is 2. The van der Waals surface area contributed by atoms with Gasteiger partial charge in [-0.3, -0.25) is 19.2 Å². The third-order valence-electron chi connectivity index (χ3n) is 8.49. The molecule has 0 fully saturated rings. The van der Waals surface area contributed by atoms with E-state index >= 15 is 0 Å². The monoisotopic (exact) mass is 603 g/mol. The number of nitrogens with zero attached hydrogens (tertiary/aromatic N) is 2. The van der Waals surface area contributed by atoms with Crippen LogP contribution in [0, 0.1) is 5.92 Å². The number of phenols is 1. The Hall–Kier alpha value is -4.54. The highest BCUT2D eigenvalue weighted by molar-refractivity contribution is 5.91. The zero-order valence-electron chi connectivity index (χ0n) is 25.6. The lowest BCUT2D eigenvalue weighted by Gasteiger charge is -2.35. The molecule has 11 heteroatoms. The number of ether oxygens (including phenoxy) is 2. The molecule has 2 aromatic heterocycles. The third-order valence-corrected chi connectivity index (χ3v) is 8.49. The first kappa shape index (κ1) is 30.9. The molecule has 2 aliphatic heterocycles. The molecule has 3 aromatic rings. The van der Waals surface area contributed by atoms with E-state index in [0.29, 0.717) is 29.7 Å². The number of amides is 1. The summed E-state index contributed by atoms with van der Waals surface area (Å²) in [7, 11) is 0. The first-order valence-corrected chi connectivity index (χ1v) is 15.0. The van der Waals surface area contributed by atoms with Gasteiger partial charge in [-0.1, -0.05) is 27.7 Å². The van der Waals surface area contributed by atoms with Gasteiger partial charge in [0.15, 0.2) is 5.78 Å². The number of carbonyl (C=O) groups excluding carboxylic acids is 4. The van der Waals surface area contributed by atoms with Crippen LogP contribution in [0.4, 0.5) is 0 Å². The normalized spacial score (nSPS) is 17.5. The summed E-state index contributed by atoms with van der Waals surface area (Å²) in [5.41, 5.74) is 1.77. The van der Waals surface area contributed by atoms with Crippen molar-refractivity contribution in [2.24, 2.45) is 5.92 Å². The molecule has 0 bridgehead atoms. The number of aromatic nitrogens is 2. The highest BCUT2D eigenvalue weighted by atomic mass is 16.6. The number of cyclic esters (lactones) is 1. The van der Waals surface area contributed by atoms with Crippen LogP contribution in [0.1, 0.15) is 82.6 Å². The van der Waals surface area contributed by atoms with Crippen LogP contribution in [0.25, 0.3) is 22.3 Å². The van der Waals surface area contributed by atoms with Gasteiger partial charge in [0, 0.05) is 22.9 Å². The van der Waals surface area contributed by atoms with E-state index in [1.54, 1.807) is 35.8 Å². The van der Waals surface area contributed by atoms with Crippen molar-refractivity contribution >= 4 is 34.5 Å². The lowest BCUT2D eigenvalue weighted by molar-refractivity contribution is -0.189. The topological polar surface area (TPSA) is 154 Å². The minimum Gasteiger partial charge on any atom is -0.508 e. The van der Waals surface area contributed by atoms with Crippen molar-refractivity contribution < 1.29 is 33.8 Å². The van der Waals surface area contributed by atoms with Gasteiger partial charge in [-0.2, -0.15) is 0 Å². The largest absolute Gasteiger partial charge is 0.508 e. The number of carbonyl (C=O) groups is 4. The van der Waals surface area contributed by atoms with Crippen LogP contribution in [0.5, 0.6) is 5.75 Å². The number of benzene rings is 1. The predicted molar refractivity (Wildman–Crippen MR) is 161 cm³/mol. The predicted octanol–water partition coefficient (Wildman–Crippen LogP) is 3.80. The van der Waals surface area contributed by atoms with E-state index in [0.717, 1.165) is 16.5 Å². The van der Waals surface area contributed by atoms with Gasteiger partial charge in [0.05, 0.1) is 41.5 Å². The van der Waals surface area contributed by atoms with Crippen LogP contribution in [0.2, 0.25) is 0 Å². The number of Topliss-reactive ketones (excluding diaryl/α,β-unsaturated/α-hetero) is 1. The van der Waals surface area contributed by atoms with Gasteiger partial charge in [0.25, 0.3) is 5.56 Å². The molecule has 1 amide bonds. The van der Waals surface area contributed by atoms with Gasteiger partial charge in [0.2, 0.25) is 11.5 Å². The van der Waals surface area contributed by atoms with Gasteiger partial charge in [-0.15, -0.1) is 0 Å². The summed E-state index contributed by atoms with van der Waals surface area (Å²) in [5, 5.41) is 13.6. The Balaban J connectivity index is 1.47. The van der Waals surface area contributed by atoms with Crippen molar-refractivity contribution in [3.05, 3.63) is 56.9 Å². The van der Waals surface area contributed by atoms with Gasteiger partial charge in [0.1, 0.15) is 12.4 Å². The Morgan fingerprint density at radius 3 is 2.55 bits per heavy atom. The van der Waals surface area contributed by atoms with E-state index in [-0.39, 0.29) is 66.6 Å². The molecule has 0 spiro atoms. The number of pyridine rings is 2. The van der Waals surface area contributed by atoms with Gasteiger partial charge in [-0.05, 0) is 61.9 Å². The number of hydrogen-bond donors (Lipinski definition) is 2. The summed E-state index contributed by atoms with van der Waals surface area (Å²) in [6.45, 7) is 8.94. The molecule has 2 aliphatic rings. The first-order valence-electron chi connectivity index (χ1n) is 15.0. The minimum atomic E-state index is -1.88.